The second-order valence-electron chi connectivity index (χ2n) is 6.00. The number of aromatic amines is 1. The molecule has 3 heterocycles. The summed E-state index contributed by atoms with van der Waals surface area (Å²) in [5, 5.41) is 2.94. The molecule has 7 nitrogen and oxygen atoms in total. The van der Waals surface area contributed by atoms with Gasteiger partial charge < -0.3 is 15.2 Å². The van der Waals surface area contributed by atoms with Crippen molar-refractivity contribution < 1.29 is 4.79 Å². The van der Waals surface area contributed by atoms with Gasteiger partial charge in [0.1, 0.15) is 11.6 Å². The number of amides is 1. The maximum atomic E-state index is 12.6. The van der Waals surface area contributed by atoms with E-state index in [-0.39, 0.29) is 17.4 Å². The lowest BCUT2D eigenvalue weighted by molar-refractivity contribution is 0.0712. The van der Waals surface area contributed by atoms with Crippen molar-refractivity contribution in [3.8, 4) is 0 Å². The predicted octanol–water partition coefficient (Wildman–Crippen LogP) is 1.53. The summed E-state index contributed by atoms with van der Waals surface area (Å²) in [6.07, 6.45) is 3.26. The molecule has 24 heavy (non-hydrogen) atoms. The van der Waals surface area contributed by atoms with E-state index < -0.39 is 0 Å². The largest absolute Gasteiger partial charge is 0.373 e. The Kier molecular flexibility index (Phi) is 4.59. The van der Waals surface area contributed by atoms with Gasteiger partial charge in [0.2, 0.25) is 0 Å². The van der Waals surface area contributed by atoms with E-state index in [2.05, 4.69) is 20.3 Å². The molecular formula is C17H21N5O2. The highest BCUT2D eigenvalue weighted by Gasteiger charge is 2.25. The van der Waals surface area contributed by atoms with E-state index >= 15 is 0 Å². The number of pyridine rings is 1. The van der Waals surface area contributed by atoms with Gasteiger partial charge >= 0.3 is 0 Å². The van der Waals surface area contributed by atoms with Crippen molar-refractivity contribution in [3.63, 3.8) is 0 Å². The Morgan fingerprint density at radius 2 is 2.08 bits per heavy atom. The number of nitrogens with zero attached hydrogens (tertiary/aromatic N) is 3. The molecule has 1 fully saturated rings. The first-order valence-corrected chi connectivity index (χ1v) is 8.08. The summed E-state index contributed by atoms with van der Waals surface area (Å²) in [7, 11) is 1.78. The first-order chi connectivity index (χ1) is 11.6. The molecule has 0 aromatic carbocycles. The number of piperidine rings is 1. The van der Waals surface area contributed by atoms with Crippen LogP contribution in [0.5, 0.6) is 0 Å². The van der Waals surface area contributed by atoms with Gasteiger partial charge in [-0.2, -0.15) is 0 Å². The number of likely N-dealkylation sites (tertiary alicyclic amines) is 1. The number of H-pyrrole nitrogens is 1. The number of carbonyl (C=O) groups excluding carboxylic acids is 1. The molecule has 0 atom stereocenters. The van der Waals surface area contributed by atoms with E-state index in [1.807, 2.05) is 4.90 Å². The van der Waals surface area contributed by atoms with Crippen LogP contribution in [0.2, 0.25) is 0 Å². The number of carbonyl (C=O) groups is 1. The minimum Gasteiger partial charge on any atom is -0.373 e. The normalized spacial score (nSPS) is 15.3. The van der Waals surface area contributed by atoms with Crippen LogP contribution in [0, 0.1) is 6.92 Å². The van der Waals surface area contributed by atoms with E-state index in [9.17, 15) is 9.59 Å². The Labute approximate surface area is 140 Å². The molecule has 2 aromatic heterocycles. The van der Waals surface area contributed by atoms with Crippen LogP contribution in [0.25, 0.3) is 0 Å². The van der Waals surface area contributed by atoms with Gasteiger partial charge in [-0.3, -0.25) is 9.59 Å². The van der Waals surface area contributed by atoms with E-state index in [1.165, 1.54) is 0 Å². The van der Waals surface area contributed by atoms with Crippen LogP contribution in [0.4, 0.5) is 5.82 Å². The molecule has 1 saturated heterocycles. The van der Waals surface area contributed by atoms with Gasteiger partial charge in [-0.25, -0.2) is 9.97 Å². The smallest absolute Gasteiger partial charge is 0.254 e. The van der Waals surface area contributed by atoms with Crippen LogP contribution in [0.15, 0.2) is 29.2 Å². The van der Waals surface area contributed by atoms with Gasteiger partial charge in [0, 0.05) is 43.9 Å². The van der Waals surface area contributed by atoms with Crippen molar-refractivity contribution in [2.75, 3.05) is 25.5 Å². The summed E-state index contributed by atoms with van der Waals surface area (Å²) in [6, 6.07) is 5.06. The van der Waals surface area contributed by atoms with Crippen molar-refractivity contribution in [2.45, 2.75) is 25.7 Å². The molecule has 0 saturated carbocycles. The average Bonchev–Trinajstić information content (AvgIpc) is 2.60. The molecule has 1 aliphatic rings. The highest BCUT2D eigenvalue weighted by Crippen LogP contribution is 2.27. The molecular weight excluding hydrogens is 306 g/mol. The summed E-state index contributed by atoms with van der Waals surface area (Å²) in [5.74, 6) is 1.55. The lowest BCUT2D eigenvalue weighted by atomic mass is 9.93. The molecule has 2 aromatic rings. The zero-order valence-electron chi connectivity index (χ0n) is 13.9. The predicted molar refractivity (Wildman–Crippen MR) is 91.3 cm³/mol. The van der Waals surface area contributed by atoms with E-state index in [4.69, 9.17) is 0 Å². The van der Waals surface area contributed by atoms with Crippen LogP contribution >= 0.6 is 0 Å². The molecule has 0 spiro atoms. The zero-order chi connectivity index (χ0) is 17.1. The third-order valence-electron chi connectivity index (χ3n) is 4.34. The lowest BCUT2D eigenvalue weighted by Gasteiger charge is -2.31. The SMILES string of the molecule is CNc1cc(C(=O)N2CCC(c3cc(=O)[nH]c(C)n3)CC2)ccn1. The highest BCUT2D eigenvalue weighted by atomic mass is 16.2. The Morgan fingerprint density at radius 3 is 2.75 bits per heavy atom. The summed E-state index contributed by atoms with van der Waals surface area (Å²) < 4.78 is 0. The Balaban J connectivity index is 1.68. The lowest BCUT2D eigenvalue weighted by Crippen LogP contribution is -2.38. The molecule has 2 N–H and O–H groups in total. The van der Waals surface area contributed by atoms with Gasteiger partial charge in [0.15, 0.2) is 0 Å². The van der Waals surface area contributed by atoms with Crippen molar-refractivity contribution >= 4 is 11.7 Å². The third-order valence-corrected chi connectivity index (χ3v) is 4.34. The van der Waals surface area contributed by atoms with E-state index in [0.29, 0.717) is 30.3 Å². The van der Waals surface area contributed by atoms with Crippen molar-refractivity contribution in [1.29, 1.82) is 0 Å². The number of nitrogens with one attached hydrogen (secondary N) is 2. The van der Waals surface area contributed by atoms with Gasteiger partial charge in [-0.05, 0) is 31.9 Å². The van der Waals surface area contributed by atoms with E-state index in [0.717, 1.165) is 18.5 Å². The topological polar surface area (TPSA) is 91.0 Å². The van der Waals surface area contributed by atoms with Gasteiger partial charge in [0.05, 0.1) is 5.69 Å². The first-order valence-electron chi connectivity index (χ1n) is 8.08. The molecule has 0 unspecified atom stereocenters. The van der Waals surface area contributed by atoms with Gasteiger partial charge in [-0.15, -0.1) is 0 Å². The van der Waals surface area contributed by atoms with Crippen LogP contribution in [-0.2, 0) is 0 Å². The zero-order valence-corrected chi connectivity index (χ0v) is 13.9. The van der Waals surface area contributed by atoms with Crippen molar-refractivity contribution in [1.82, 2.24) is 19.9 Å². The van der Waals surface area contributed by atoms with Crippen molar-refractivity contribution in [3.05, 3.63) is 51.8 Å². The molecule has 0 bridgehead atoms. The Hall–Kier alpha value is -2.70. The minimum atomic E-state index is -0.118. The number of hydrogen-bond acceptors (Lipinski definition) is 5. The molecule has 126 valence electrons. The molecule has 1 aliphatic heterocycles. The number of aromatic nitrogens is 3. The summed E-state index contributed by atoms with van der Waals surface area (Å²) in [4.78, 5) is 37.3. The second-order valence-corrected chi connectivity index (χ2v) is 6.00. The highest BCUT2D eigenvalue weighted by molar-refractivity contribution is 5.94. The quantitative estimate of drug-likeness (QED) is 0.892. The maximum absolute atomic E-state index is 12.6. The number of rotatable bonds is 3. The fourth-order valence-electron chi connectivity index (χ4n) is 3.07. The van der Waals surface area contributed by atoms with Crippen LogP contribution in [-0.4, -0.2) is 45.9 Å². The average molecular weight is 327 g/mol. The molecule has 0 radical (unpaired) electrons. The minimum absolute atomic E-state index is 0.0161. The van der Waals surface area contributed by atoms with Crippen molar-refractivity contribution in [2.24, 2.45) is 0 Å². The first kappa shape index (κ1) is 16.2. The third kappa shape index (κ3) is 3.45. The second kappa shape index (κ2) is 6.82. The summed E-state index contributed by atoms with van der Waals surface area (Å²) >= 11 is 0. The van der Waals surface area contributed by atoms with Crippen LogP contribution in [0.1, 0.15) is 40.6 Å². The molecule has 3 rings (SSSR count). The number of anilines is 1. The van der Waals surface area contributed by atoms with Crippen LogP contribution < -0.4 is 10.9 Å². The van der Waals surface area contributed by atoms with Gasteiger partial charge in [-0.1, -0.05) is 0 Å². The summed E-state index contributed by atoms with van der Waals surface area (Å²) in [6.45, 7) is 3.11. The Morgan fingerprint density at radius 1 is 1.33 bits per heavy atom. The monoisotopic (exact) mass is 327 g/mol. The molecule has 1 amide bonds. The fourth-order valence-corrected chi connectivity index (χ4v) is 3.07. The molecule has 7 heteroatoms. The van der Waals surface area contributed by atoms with Gasteiger partial charge in [0.25, 0.3) is 11.5 Å². The number of hydrogen-bond donors (Lipinski definition) is 2. The Bertz CT molecular complexity index is 794. The fraction of sp³-hybridized carbons (Fsp3) is 0.412. The molecule has 0 aliphatic carbocycles. The number of aryl methyl sites for hydroxylation is 1. The summed E-state index contributed by atoms with van der Waals surface area (Å²) in [5.41, 5.74) is 1.34. The maximum Gasteiger partial charge on any atom is 0.254 e. The van der Waals surface area contributed by atoms with E-state index in [1.54, 1.807) is 38.4 Å². The standard InChI is InChI=1S/C17H21N5O2/c1-11-20-14(10-16(23)21-11)12-4-7-22(8-5-12)17(24)13-3-6-19-15(9-13)18-2/h3,6,9-10,12H,4-5,7-8H2,1-2H3,(H,18,19)(H,20,21,23). The van der Waals surface area contributed by atoms with Crippen LogP contribution in [0.3, 0.4) is 0 Å².